The molecule has 0 atom stereocenters. The average Bonchev–Trinajstić information content (AvgIpc) is 2.28. The Morgan fingerprint density at radius 3 is 1.70 bits per heavy atom. The zero-order chi connectivity index (χ0) is 15.9. The number of rotatable bonds is 2. The highest BCUT2D eigenvalue weighted by Crippen LogP contribution is 2.51. The molecule has 0 aromatic heterocycles. The van der Waals surface area contributed by atoms with E-state index in [1.165, 1.54) is 14.0 Å². The number of aliphatic hydroxyl groups is 1. The Kier molecular flexibility index (Phi) is 4.02. The average molecular weight is 302 g/mol. The van der Waals surface area contributed by atoms with Crippen LogP contribution in [0.2, 0.25) is 0 Å². The minimum absolute atomic E-state index is 0.0944. The maximum atomic E-state index is 12.8. The molecule has 0 aliphatic heterocycles. The first-order chi connectivity index (χ1) is 8.88. The monoisotopic (exact) mass is 302 g/mol. The number of benzene rings is 1. The van der Waals surface area contributed by atoms with Gasteiger partial charge in [-0.05, 0) is 31.0 Å². The van der Waals surface area contributed by atoms with Crippen LogP contribution in [-0.2, 0) is 5.60 Å². The maximum Gasteiger partial charge on any atom is 0.430 e. The Morgan fingerprint density at radius 2 is 1.35 bits per heavy atom. The molecule has 0 fully saturated rings. The lowest BCUT2D eigenvalue weighted by Crippen LogP contribution is -2.54. The highest BCUT2D eigenvalue weighted by Gasteiger charge is 2.71. The predicted octanol–water partition coefficient (Wildman–Crippen LogP) is 3.62. The summed E-state index contributed by atoms with van der Waals surface area (Å²) >= 11 is 0. The van der Waals surface area contributed by atoms with E-state index in [0.29, 0.717) is 6.07 Å². The standard InChI is InChI=1S/C12H12F6O2/c1-6-7(2)9(20-3)5-4-8(6)10(19,11(13,14)15)12(16,17)18/h4-5,19H,1-3H3. The molecule has 0 spiro atoms. The van der Waals surface area contributed by atoms with Crippen molar-refractivity contribution in [3.8, 4) is 5.75 Å². The van der Waals surface area contributed by atoms with Crippen LogP contribution in [0.1, 0.15) is 16.7 Å². The summed E-state index contributed by atoms with van der Waals surface area (Å²) in [5.74, 6) is 0.137. The van der Waals surface area contributed by atoms with Gasteiger partial charge in [0, 0.05) is 5.56 Å². The topological polar surface area (TPSA) is 29.5 Å². The molecule has 0 saturated carbocycles. The Balaban J connectivity index is 3.66. The predicted molar refractivity (Wildman–Crippen MR) is 58.5 cm³/mol. The number of hydrogen-bond donors (Lipinski definition) is 1. The summed E-state index contributed by atoms with van der Waals surface area (Å²) in [6.07, 6.45) is -11.8. The molecule has 1 N–H and O–H groups in total. The van der Waals surface area contributed by atoms with Crippen molar-refractivity contribution in [2.24, 2.45) is 0 Å². The van der Waals surface area contributed by atoms with Crippen molar-refractivity contribution in [3.63, 3.8) is 0 Å². The van der Waals surface area contributed by atoms with Crippen molar-refractivity contribution >= 4 is 0 Å². The zero-order valence-electron chi connectivity index (χ0n) is 10.8. The van der Waals surface area contributed by atoms with Crippen molar-refractivity contribution in [1.29, 1.82) is 0 Å². The molecule has 0 aliphatic carbocycles. The second kappa shape index (κ2) is 4.83. The molecule has 2 nitrogen and oxygen atoms in total. The van der Waals surface area contributed by atoms with Crippen molar-refractivity contribution < 1.29 is 36.2 Å². The van der Waals surface area contributed by atoms with E-state index in [1.807, 2.05) is 0 Å². The van der Waals surface area contributed by atoms with Crippen molar-refractivity contribution in [2.75, 3.05) is 7.11 Å². The van der Waals surface area contributed by atoms with E-state index in [9.17, 15) is 31.4 Å². The summed E-state index contributed by atoms with van der Waals surface area (Å²) in [4.78, 5) is 0. The molecule has 1 aromatic rings. The smallest absolute Gasteiger partial charge is 0.430 e. The van der Waals surface area contributed by atoms with Crippen LogP contribution in [0, 0.1) is 13.8 Å². The minimum Gasteiger partial charge on any atom is -0.496 e. The first-order valence-corrected chi connectivity index (χ1v) is 5.38. The summed E-state index contributed by atoms with van der Waals surface area (Å²) in [6.45, 7) is 2.38. The van der Waals surface area contributed by atoms with E-state index >= 15 is 0 Å². The van der Waals surface area contributed by atoms with Gasteiger partial charge in [-0.25, -0.2) is 0 Å². The Labute approximate surface area is 111 Å². The van der Waals surface area contributed by atoms with Crippen molar-refractivity contribution in [2.45, 2.75) is 31.8 Å². The lowest BCUT2D eigenvalue weighted by atomic mass is 9.86. The molecular formula is C12H12F6O2. The molecular weight excluding hydrogens is 290 g/mol. The first-order valence-electron chi connectivity index (χ1n) is 5.38. The van der Waals surface area contributed by atoms with Crippen LogP contribution in [0.4, 0.5) is 26.3 Å². The molecule has 114 valence electrons. The van der Waals surface area contributed by atoms with Crippen LogP contribution in [-0.4, -0.2) is 24.6 Å². The zero-order valence-corrected chi connectivity index (χ0v) is 10.8. The second-order valence-corrected chi connectivity index (χ2v) is 4.27. The summed E-state index contributed by atoms with van der Waals surface area (Å²) in [6, 6.07) is 1.53. The third-order valence-electron chi connectivity index (χ3n) is 3.17. The normalized spacial score (nSPS) is 13.5. The fourth-order valence-electron chi connectivity index (χ4n) is 1.88. The lowest BCUT2D eigenvalue weighted by Gasteiger charge is -2.34. The van der Waals surface area contributed by atoms with Gasteiger partial charge >= 0.3 is 12.4 Å². The van der Waals surface area contributed by atoms with Crippen molar-refractivity contribution in [3.05, 3.63) is 28.8 Å². The fraction of sp³-hybridized carbons (Fsp3) is 0.500. The number of methoxy groups -OCH3 is 1. The SMILES string of the molecule is COc1ccc(C(O)(C(F)(F)F)C(F)(F)F)c(C)c1C. The van der Waals surface area contributed by atoms with E-state index in [4.69, 9.17) is 4.74 Å². The molecule has 0 amide bonds. The fourth-order valence-corrected chi connectivity index (χ4v) is 1.88. The van der Waals surface area contributed by atoms with E-state index in [-0.39, 0.29) is 16.9 Å². The van der Waals surface area contributed by atoms with Crippen LogP contribution in [0.25, 0.3) is 0 Å². The van der Waals surface area contributed by atoms with E-state index < -0.39 is 23.5 Å². The number of alkyl halides is 6. The van der Waals surface area contributed by atoms with Crippen LogP contribution in [0.15, 0.2) is 12.1 Å². The summed E-state index contributed by atoms with van der Waals surface area (Å²) in [5, 5.41) is 9.33. The molecule has 1 aromatic carbocycles. The second-order valence-electron chi connectivity index (χ2n) is 4.27. The van der Waals surface area contributed by atoms with Gasteiger partial charge in [-0.2, -0.15) is 26.3 Å². The van der Waals surface area contributed by atoms with Gasteiger partial charge in [0.1, 0.15) is 5.75 Å². The Bertz CT molecular complexity index is 490. The van der Waals surface area contributed by atoms with Crippen LogP contribution in [0.5, 0.6) is 5.75 Å². The molecule has 0 saturated heterocycles. The molecule has 0 heterocycles. The van der Waals surface area contributed by atoms with E-state index in [2.05, 4.69) is 0 Å². The molecule has 20 heavy (non-hydrogen) atoms. The molecule has 0 unspecified atom stereocenters. The van der Waals surface area contributed by atoms with Gasteiger partial charge in [0.25, 0.3) is 5.60 Å². The molecule has 8 heteroatoms. The van der Waals surface area contributed by atoms with Gasteiger partial charge in [-0.1, -0.05) is 6.07 Å². The maximum absolute atomic E-state index is 12.8. The van der Waals surface area contributed by atoms with Gasteiger partial charge < -0.3 is 9.84 Å². The van der Waals surface area contributed by atoms with Crippen LogP contribution in [0.3, 0.4) is 0 Å². The number of ether oxygens (including phenoxy) is 1. The van der Waals surface area contributed by atoms with Gasteiger partial charge in [0.05, 0.1) is 7.11 Å². The largest absolute Gasteiger partial charge is 0.496 e. The molecule has 0 radical (unpaired) electrons. The molecule has 0 bridgehead atoms. The third kappa shape index (κ3) is 2.32. The Morgan fingerprint density at radius 1 is 0.900 bits per heavy atom. The van der Waals surface area contributed by atoms with Gasteiger partial charge in [0.15, 0.2) is 0 Å². The summed E-state index contributed by atoms with van der Waals surface area (Å²) < 4.78 is 81.5. The molecule has 0 aliphatic rings. The molecule has 1 rings (SSSR count). The van der Waals surface area contributed by atoms with Gasteiger partial charge in [0.2, 0.25) is 0 Å². The third-order valence-corrected chi connectivity index (χ3v) is 3.17. The Hall–Kier alpha value is -1.44. The quantitative estimate of drug-likeness (QED) is 0.845. The lowest BCUT2D eigenvalue weighted by molar-refractivity contribution is -0.376. The summed E-state index contributed by atoms with van der Waals surface area (Å²) in [5.41, 5.74) is -6.41. The first kappa shape index (κ1) is 16.6. The van der Waals surface area contributed by atoms with Crippen molar-refractivity contribution in [1.82, 2.24) is 0 Å². The van der Waals surface area contributed by atoms with Crippen LogP contribution < -0.4 is 4.74 Å². The van der Waals surface area contributed by atoms with Crippen LogP contribution >= 0.6 is 0 Å². The highest BCUT2D eigenvalue weighted by molar-refractivity contribution is 5.47. The minimum atomic E-state index is -5.89. The highest BCUT2D eigenvalue weighted by atomic mass is 19.4. The van der Waals surface area contributed by atoms with E-state index in [1.54, 1.807) is 0 Å². The summed E-state index contributed by atoms with van der Waals surface area (Å²) in [7, 11) is 1.24. The number of hydrogen-bond acceptors (Lipinski definition) is 2. The van der Waals surface area contributed by atoms with E-state index in [0.717, 1.165) is 13.0 Å². The van der Waals surface area contributed by atoms with Gasteiger partial charge in [-0.3, -0.25) is 0 Å². The number of halogens is 6. The van der Waals surface area contributed by atoms with Gasteiger partial charge in [-0.15, -0.1) is 0 Å².